The molecule has 0 aliphatic heterocycles. The van der Waals surface area contributed by atoms with Crippen molar-refractivity contribution in [2.45, 2.75) is 38.6 Å². The number of aryl methyl sites for hydroxylation is 3. The van der Waals surface area contributed by atoms with Gasteiger partial charge in [0.25, 0.3) is 0 Å². The SMILES string of the molecule is CCn1cc(CCNS(=O)(=O)c2c(C)noc2C)c2cccnc21. The molecule has 3 rings (SSSR count). The third kappa shape index (κ3) is 2.94. The van der Waals surface area contributed by atoms with Gasteiger partial charge in [-0.2, -0.15) is 0 Å². The Hall–Kier alpha value is -2.19. The first-order valence-electron chi connectivity index (χ1n) is 7.79. The standard InChI is InChI=1S/C16H20N4O3S/c1-4-20-10-13(14-6-5-8-17-16(14)20)7-9-18-24(21,22)15-11(2)19-23-12(15)3/h5-6,8,10,18H,4,7,9H2,1-3H3. The highest BCUT2D eigenvalue weighted by molar-refractivity contribution is 7.89. The number of nitrogens with one attached hydrogen (secondary N) is 1. The van der Waals surface area contributed by atoms with Crippen LogP contribution >= 0.6 is 0 Å². The van der Waals surface area contributed by atoms with Crippen LogP contribution in [0.25, 0.3) is 11.0 Å². The van der Waals surface area contributed by atoms with Crippen LogP contribution < -0.4 is 4.72 Å². The lowest BCUT2D eigenvalue weighted by atomic mass is 10.2. The number of sulfonamides is 1. The van der Waals surface area contributed by atoms with Crippen molar-refractivity contribution in [2.24, 2.45) is 0 Å². The second kappa shape index (κ2) is 6.37. The molecule has 0 atom stereocenters. The maximum Gasteiger partial charge on any atom is 0.245 e. The molecule has 0 radical (unpaired) electrons. The van der Waals surface area contributed by atoms with Gasteiger partial charge in [0.1, 0.15) is 16.2 Å². The fraction of sp³-hybridized carbons (Fsp3) is 0.375. The predicted octanol–water partition coefficient (Wildman–Crippen LogP) is 2.18. The molecule has 128 valence electrons. The average Bonchev–Trinajstić information content (AvgIpc) is 3.08. The first-order valence-corrected chi connectivity index (χ1v) is 9.27. The second-order valence-electron chi connectivity index (χ2n) is 5.62. The molecule has 0 bridgehead atoms. The molecule has 0 unspecified atom stereocenters. The van der Waals surface area contributed by atoms with Crippen LogP contribution in [0.1, 0.15) is 23.9 Å². The lowest BCUT2D eigenvalue weighted by Crippen LogP contribution is -2.26. The number of pyridine rings is 1. The van der Waals surface area contributed by atoms with Crippen LogP contribution in [0.5, 0.6) is 0 Å². The van der Waals surface area contributed by atoms with Gasteiger partial charge in [-0.05, 0) is 44.9 Å². The Morgan fingerprint density at radius 2 is 2.12 bits per heavy atom. The summed E-state index contributed by atoms with van der Waals surface area (Å²) in [6.45, 7) is 6.38. The average molecular weight is 348 g/mol. The summed E-state index contributed by atoms with van der Waals surface area (Å²) in [6.07, 6.45) is 4.37. The molecule has 3 aromatic heterocycles. The van der Waals surface area contributed by atoms with Gasteiger partial charge in [0.05, 0.1) is 0 Å². The summed E-state index contributed by atoms with van der Waals surface area (Å²) in [4.78, 5) is 4.52. The molecule has 7 nitrogen and oxygen atoms in total. The first-order chi connectivity index (χ1) is 11.4. The zero-order valence-electron chi connectivity index (χ0n) is 13.9. The minimum absolute atomic E-state index is 0.125. The second-order valence-corrected chi connectivity index (χ2v) is 7.32. The molecule has 0 saturated carbocycles. The van der Waals surface area contributed by atoms with Crippen molar-refractivity contribution in [1.82, 2.24) is 19.4 Å². The zero-order chi connectivity index (χ0) is 17.3. The lowest BCUT2D eigenvalue weighted by molar-refractivity contribution is 0.390. The summed E-state index contributed by atoms with van der Waals surface area (Å²) < 4.78 is 34.5. The van der Waals surface area contributed by atoms with Gasteiger partial charge in [-0.3, -0.25) is 0 Å². The molecule has 0 aliphatic carbocycles. The zero-order valence-corrected chi connectivity index (χ0v) is 14.7. The van der Waals surface area contributed by atoms with Crippen LogP contribution in [0.4, 0.5) is 0 Å². The van der Waals surface area contributed by atoms with Crippen molar-refractivity contribution in [3.63, 3.8) is 0 Å². The Balaban J connectivity index is 1.78. The minimum Gasteiger partial charge on any atom is -0.360 e. The van der Waals surface area contributed by atoms with Crippen molar-refractivity contribution in [2.75, 3.05) is 6.54 Å². The van der Waals surface area contributed by atoms with Gasteiger partial charge in [0.2, 0.25) is 10.0 Å². The summed E-state index contributed by atoms with van der Waals surface area (Å²) in [5.41, 5.74) is 2.36. The number of rotatable bonds is 6. The van der Waals surface area contributed by atoms with Crippen LogP contribution in [0.3, 0.4) is 0 Å². The molecule has 0 saturated heterocycles. The van der Waals surface area contributed by atoms with Gasteiger partial charge in [-0.1, -0.05) is 5.16 Å². The lowest BCUT2D eigenvalue weighted by Gasteiger charge is -2.05. The quantitative estimate of drug-likeness (QED) is 0.737. The van der Waals surface area contributed by atoms with Crippen molar-refractivity contribution >= 4 is 21.1 Å². The summed E-state index contributed by atoms with van der Waals surface area (Å²) in [5.74, 6) is 0.298. The monoisotopic (exact) mass is 348 g/mol. The maximum absolute atomic E-state index is 12.4. The van der Waals surface area contributed by atoms with E-state index in [4.69, 9.17) is 4.52 Å². The molecule has 8 heteroatoms. The highest BCUT2D eigenvalue weighted by atomic mass is 32.2. The third-order valence-electron chi connectivity index (χ3n) is 3.98. The molecule has 24 heavy (non-hydrogen) atoms. The number of hydrogen-bond donors (Lipinski definition) is 1. The fourth-order valence-corrected chi connectivity index (χ4v) is 4.24. The van der Waals surface area contributed by atoms with Crippen molar-refractivity contribution < 1.29 is 12.9 Å². The van der Waals surface area contributed by atoms with Gasteiger partial charge in [0, 0.05) is 30.9 Å². The maximum atomic E-state index is 12.4. The van der Waals surface area contributed by atoms with E-state index < -0.39 is 10.0 Å². The van der Waals surface area contributed by atoms with Crippen molar-refractivity contribution in [3.8, 4) is 0 Å². The molecule has 3 aromatic rings. The van der Waals surface area contributed by atoms with E-state index in [0.29, 0.717) is 24.4 Å². The predicted molar refractivity (Wildman–Crippen MR) is 90.3 cm³/mol. The molecule has 0 fully saturated rings. The first kappa shape index (κ1) is 16.7. The van der Waals surface area contributed by atoms with Gasteiger partial charge < -0.3 is 9.09 Å². The van der Waals surface area contributed by atoms with Crippen LogP contribution in [-0.2, 0) is 23.0 Å². The third-order valence-corrected chi connectivity index (χ3v) is 5.68. The largest absolute Gasteiger partial charge is 0.360 e. The van der Waals surface area contributed by atoms with Gasteiger partial charge in [-0.15, -0.1) is 0 Å². The van der Waals surface area contributed by atoms with E-state index in [9.17, 15) is 8.42 Å². The molecule has 3 heterocycles. The van der Waals surface area contributed by atoms with E-state index in [0.717, 1.165) is 23.1 Å². The van der Waals surface area contributed by atoms with E-state index in [1.54, 1.807) is 20.0 Å². The van der Waals surface area contributed by atoms with Gasteiger partial charge in [-0.25, -0.2) is 18.1 Å². The summed E-state index contributed by atoms with van der Waals surface area (Å²) in [5, 5.41) is 4.75. The number of hydrogen-bond acceptors (Lipinski definition) is 5. The normalized spacial score (nSPS) is 12.1. The van der Waals surface area contributed by atoms with E-state index in [1.165, 1.54) is 0 Å². The van der Waals surface area contributed by atoms with Crippen LogP contribution in [0, 0.1) is 13.8 Å². The summed E-state index contributed by atoms with van der Waals surface area (Å²) >= 11 is 0. The molecule has 0 spiro atoms. The Labute approximate surface area is 140 Å². The smallest absolute Gasteiger partial charge is 0.245 e. The van der Waals surface area contributed by atoms with Crippen molar-refractivity contribution in [1.29, 1.82) is 0 Å². The van der Waals surface area contributed by atoms with Crippen LogP contribution in [0.2, 0.25) is 0 Å². The number of aromatic nitrogens is 3. The molecule has 0 aliphatic rings. The topological polar surface area (TPSA) is 90.0 Å². The highest BCUT2D eigenvalue weighted by Crippen LogP contribution is 2.21. The molecule has 0 aromatic carbocycles. The number of fused-ring (bicyclic) bond motifs is 1. The minimum atomic E-state index is -3.63. The van der Waals surface area contributed by atoms with E-state index >= 15 is 0 Å². The van der Waals surface area contributed by atoms with E-state index in [2.05, 4.69) is 26.4 Å². The highest BCUT2D eigenvalue weighted by Gasteiger charge is 2.23. The Morgan fingerprint density at radius 1 is 1.33 bits per heavy atom. The molecular formula is C16H20N4O3S. The van der Waals surface area contributed by atoms with E-state index in [-0.39, 0.29) is 4.90 Å². The van der Waals surface area contributed by atoms with Crippen LogP contribution in [-0.4, -0.2) is 29.7 Å². The molecular weight excluding hydrogens is 328 g/mol. The molecule has 0 amide bonds. The summed E-state index contributed by atoms with van der Waals surface area (Å²) in [7, 11) is -3.63. The van der Waals surface area contributed by atoms with Crippen LogP contribution in [0.15, 0.2) is 33.9 Å². The van der Waals surface area contributed by atoms with Gasteiger partial charge >= 0.3 is 0 Å². The Bertz CT molecular complexity index is 953. The summed E-state index contributed by atoms with van der Waals surface area (Å²) in [6, 6.07) is 3.90. The number of nitrogens with zero attached hydrogens (tertiary/aromatic N) is 3. The van der Waals surface area contributed by atoms with E-state index in [1.807, 2.05) is 18.3 Å². The fourth-order valence-electron chi connectivity index (χ4n) is 2.89. The van der Waals surface area contributed by atoms with Gasteiger partial charge in [0.15, 0.2) is 5.76 Å². The Morgan fingerprint density at radius 3 is 2.79 bits per heavy atom. The van der Waals surface area contributed by atoms with Crippen molar-refractivity contribution in [3.05, 3.63) is 41.5 Å². The Kier molecular flexibility index (Phi) is 4.42. The molecule has 1 N–H and O–H groups in total.